The smallest absolute Gasteiger partial charge is 0.344 e. The summed E-state index contributed by atoms with van der Waals surface area (Å²) in [6, 6.07) is 22.3. The van der Waals surface area contributed by atoms with Crippen LogP contribution in [0.25, 0.3) is 11.0 Å². The Morgan fingerprint density at radius 1 is 0.971 bits per heavy atom. The standard InChI is InChI=1S/C26H24N2O5S/c1-17-12-14-20(15-13-17)34(31,32)28-27-18(2)16-22(19-8-4-3-5-9-19)24-25(29)21-10-6-7-11-23(21)33-26(24)30/h3-16,22,27-29H,1-2H3/b18-16+/t22-/m0/s1. The Morgan fingerprint density at radius 3 is 2.32 bits per heavy atom. The molecular weight excluding hydrogens is 452 g/mol. The van der Waals surface area contributed by atoms with E-state index in [9.17, 15) is 18.3 Å². The van der Waals surface area contributed by atoms with E-state index in [4.69, 9.17) is 4.42 Å². The highest BCUT2D eigenvalue weighted by Crippen LogP contribution is 2.35. The lowest BCUT2D eigenvalue weighted by Gasteiger charge is -2.17. The summed E-state index contributed by atoms with van der Waals surface area (Å²) in [4.78, 5) is 15.4. The van der Waals surface area contributed by atoms with Gasteiger partial charge < -0.3 is 14.9 Å². The molecule has 0 amide bonds. The average molecular weight is 477 g/mol. The molecule has 3 N–H and O–H groups in total. The van der Waals surface area contributed by atoms with Crippen molar-refractivity contribution in [3.8, 4) is 5.75 Å². The lowest BCUT2D eigenvalue weighted by Crippen LogP contribution is -2.36. The minimum absolute atomic E-state index is 0.0624. The van der Waals surface area contributed by atoms with Crippen LogP contribution in [0.15, 0.2) is 105 Å². The van der Waals surface area contributed by atoms with E-state index in [1.165, 1.54) is 12.1 Å². The molecule has 0 aliphatic rings. The first-order valence-electron chi connectivity index (χ1n) is 10.6. The van der Waals surface area contributed by atoms with Gasteiger partial charge in [-0.3, -0.25) is 0 Å². The first-order chi connectivity index (χ1) is 16.3. The van der Waals surface area contributed by atoms with Crippen molar-refractivity contribution in [3.05, 3.63) is 118 Å². The monoisotopic (exact) mass is 476 g/mol. The maximum Gasteiger partial charge on any atom is 0.344 e. The second-order valence-corrected chi connectivity index (χ2v) is 9.61. The molecule has 0 unspecified atom stereocenters. The molecule has 3 aromatic carbocycles. The van der Waals surface area contributed by atoms with Crippen molar-refractivity contribution in [2.45, 2.75) is 24.7 Å². The average Bonchev–Trinajstić information content (AvgIpc) is 2.83. The first-order valence-corrected chi connectivity index (χ1v) is 12.1. The van der Waals surface area contributed by atoms with Crippen molar-refractivity contribution in [1.29, 1.82) is 0 Å². The highest BCUT2D eigenvalue weighted by Gasteiger charge is 2.23. The molecule has 8 heteroatoms. The molecule has 0 saturated heterocycles. The normalized spacial score (nSPS) is 13.1. The van der Waals surface area contributed by atoms with Crippen LogP contribution in [0.1, 0.15) is 29.5 Å². The van der Waals surface area contributed by atoms with Crippen LogP contribution in [0.4, 0.5) is 0 Å². The van der Waals surface area contributed by atoms with Crippen molar-refractivity contribution in [2.75, 3.05) is 0 Å². The summed E-state index contributed by atoms with van der Waals surface area (Å²) in [5.41, 5.74) is 4.46. The van der Waals surface area contributed by atoms with Crippen LogP contribution in [-0.4, -0.2) is 13.5 Å². The van der Waals surface area contributed by atoms with Crippen LogP contribution < -0.4 is 15.9 Å². The Balaban J connectivity index is 1.71. The van der Waals surface area contributed by atoms with E-state index in [1.807, 2.05) is 37.3 Å². The maximum atomic E-state index is 12.9. The Labute approximate surface area is 197 Å². The van der Waals surface area contributed by atoms with Crippen molar-refractivity contribution < 1.29 is 17.9 Å². The zero-order chi connectivity index (χ0) is 24.3. The largest absolute Gasteiger partial charge is 0.507 e. The molecule has 0 spiro atoms. The van der Waals surface area contributed by atoms with Gasteiger partial charge in [0.25, 0.3) is 10.0 Å². The van der Waals surface area contributed by atoms with Crippen molar-refractivity contribution in [2.24, 2.45) is 0 Å². The molecule has 4 rings (SSSR count). The number of allylic oxidation sites excluding steroid dienone is 2. The molecule has 0 aliphatic heterocycles. The van der Waals surface area contributed by atoms with Crippen molar-refractivity contribution >= 4 is 21.0 Å². The molecule has 1 aromatic heterocycles. The summed E-state index contributed by atoms with van der Waals surface area (Å²) in [7, 11) is -3.81. The van der Waals surface area contributed by atoms with Crippen LogP contribution in [0, 0.1) is 6.92 Å². The number of nitrogens with one attached hydrogen (secondary N) is 2. The third kappa shape index (κ3) is 4.88. The zero-order valence-electron chi connectivity index (χ0n) is 18.6. The quantitative estimate of drug-likeness (QED) is 0.271. The number of sulfonamides is 1. The van der Waals surface area contributed by atoms with Gasteiger partial charge in [-0.15, -0.1) is 4.83 Å². The van der Waals surface area contributed by atoms with Gasteiger partial charge in [-0.2, -0.15) is 0 Å². The Kier molecular flexibility index (Phi) is 6.54. The van der Waals surface area contributed by atoms with Crippen molar-refractivity contribution in [1.82, 2.24) is 10.3 Å². The Morgan fingerprint density at radius 2 is 1.62 bits per heavy atom. The van der Waals surface area contributed by atoms with Gasteiger partial charge in [0.1, 0.15) is 11.3 Å². The van der Waals surface area contributed by atoms with E-state index >= 15 is 0 Å². The number of benzene rings is 3. The third-order valence-corrected chi connectivity index (χ3v) is 6.68. The van der Waals surface area contributed by atoms with E-state index < -0.39 is 21.6 Å². The number of fused-ring (bicyclic) bond motifs is 1. The molecule has 0 radical (unpaired) electrons. The molecule has 174 valence electrons. The van der Waals surface area contributed by atoms with Gasteiger partial charge in [0.05, 0.1) is 15.8 Å². The van der Waals surface area contributed by atoms with E-state index in [0.29, 0.717) is 11.1 Å². The topological polar surface area (TPSA) is 109 Å². The molecule has 0 bridgehead atoms. The zero-order valence-corrected chi connectivity index (χ0v) is 19.5. The van der Waals surface area contributed by atoms with Crippen LogP contribution >= 0.6 is 0 Å². The number of rotatable bonds is 7. The van der Waals surface area contributed by atoms with Crippen molar-refractivity contribution in [3.63, 3.8) is 0 Å². The lowest BCUT2D eigenvalue weighted by molar-refractivity contribution is 0.455. The minimum Gasteiger partial charge on any atom is -0.507 e. The Hall–Kier alpha value is -3.88. The number of para-hydroxylation sites is 1. The van der Waals surface area contributed by atoms with Gasteiger partial charge >= 0.3 is 5.63 Å². The van der Waals surface area contributed by atoms with E-state index in [-0.39, 0.29) is 21.8 Å². The molecule has 34 heavy (non-hydrogen) atoms. The summed E-state index contributed by atoms with van der Waals surface area (Å²) in [5, 5.41) is 11.4. The summed E-state index contributed by atoms with van der Waals surface area (Å²) in [6.07, 6.45) is 1.66. The first kappa shape index (κ1) is 23.3. The highest BCUT2D eigenvalue weighted by molar-refractivity contribution is 7.89. The summed E-state index contributed by atoms with van der Waals surface area (Å²) in [5.74, 6) is -0.872. The van der Waals surface area contributed by atoms with Gasteiger partial charge in [0.15, 0.2) is 0 Å². The summed E-state index contributed by atoms with van der Waals surface area (Å²) < 4.78 is 30.7. The SMILES string of the molecule is C/C(=C\[C@@H](c1ccccc1)c1c(O)c2ccccc2oc1=O)NNS(=O)(=O)c1ccc(C)cc1. The molecule has 0 aliphatic carbocycles. The number of hydrogen-bond acceptors (Lipinski definition) is 6. The van der Waals surface area contributed by atoms with Gasteiger partial charge in [-0.1, -0.05) is 66.2 Å². The van der Waals surface area contributed by atoms with Gasteiger partial charge in [-0.25, -0.2) is 13.2 Å². The molecular formula is C26H24N2O5S. The van der Waals surface area contributed by atoms with Crippen LogP contribution in [0.2, 0.25) is 0 Å². The fraction of sp³-hybridized carbons (Fsp3) is 0.115. The van der Waals surface area contributed by atoms with Gasteiger partial charge in [0, 0.05) is 11.6 Å². The van der Waals surface area contributed by atoms with E-state index in [2.05, 4.69) is 10.3 Å². The fourth-order valence-electron chi connectivity index (χ4n) is 3.64. The number of aryl methyl sites for hydroxylation is 1. The number of hydrogen-bond donors (Lipinski definition) is 3. The predicted octanol–water partition coefficient (Wildman–Crippen LogP) is 4.33. The molecule has 1 heterocycles. The number of hydrazine groups is 1. The number of aromatic hydroxyl groups is 1. The second-order valence-electron chi connectivity index (χ2n) is 7.93. The molecule has 0 saturated carbocycles. The van der Waals surface area contributed by atoms with Crippen LogP contribution in [0.5, 0.6) is 5.75 Å². The molecule has 0 fully saturated rings. The predicted molar refractivity (Wildman–Crippen MR) is 131 cm³/mol. The lowest BCUT2D eigenvalue weighted by atomic mass is 9.90. The fourth-order valence-corrected chi connectivity index (χ4v) is 4.55. The third-order valence-electron chi connectivity index (χ3n) is 5.42. The molecule has 1 atom stereocenters. The van der Waals surface area contributed by atoms with Gasteiger partial charge in [-0.05, 0) is 43.7 Å². The van der Waals surface area contributed by atoms with Crippen LogP contribution in [-0.2, 0) is 10.0 Å². The Bertz CT molecular complexity index is 1510. The molecule has 7 nitrogen and oxygen atoms in total. The van der Waals surface area contributed by atoms with E-state index in [0.717, 1.165) is 11.1 Å². The van der Waals surface area contributed by atoms with Gasteiger partial charge in [0.2, 0.25) is 0 Å². The van der Waals surface area contributed by atoms with Crippen LogP contribution in [0.3, 0.4) is 0 Å². The maximum absolute atomic E-state index is 12.9. The highest BCUT2D eigenvalue weighted by atomic mass is 32.2. The summed E-state index contributed by atoms with van der Waals surface area (Å²) >= 11 is 0. The summed E-state index contributed by atoms with van der Waals surface area (Å²) in [6.45, 7) is 3.53. The second kappa shape index (κ2) is 9.54. The molecule has 4 aromatic rings. The minimum atomic E-state index is -3.81. The van der Waals surface area contributed by atoms with E-state index in [1.54, 1.807) is 49.4 Å².